The van der Waals surface area contributed by atoms with Gasteiger partial charge in [0, 0.05) is 6.54 Å². The van der Waals surface area contributed by atoms with Gasteiger partial charge in [-0.25, -0.2) is 0 Å². The first-order valence-electron chi connectivity index (χ1n) is 8.70. The Balaban J connectivity index is 1.79. The molecule has 134 valence electrons. The van der Waals surface area contributed by atoms with Crippen LogP contribution < -0.4 is 5.32 Å². The van der Waals surface area contributed by atoms with Gasteiger partial charge in [0.25, 0.3) is 11.8 Å². The molecule has 2 aromatic rings. The van der Waals surface area contributed by atoms with E-state index in [4.69, 9.17) is 0 Å². The van der Waals surface area contributed by atoms with E-state index in [0.717, 1.165) is 16.0 Å². The highest BCUT2D eigenvalue weighted by molar-refractivity contribution is 6.22. The van der Waals surface area contributed by atoms with Crippen LogP contribution in [0, 0.1) is 12.8 Å². The first-order chi connectivity index (χ1) is 12.4. The van der Waals surface area contributed by atoms with Gasteiger partial charge in [0.05, 0.1) is 11.1 Å². The van der Waals surface area contributed by atoms with Crippen LogP contribution in [0.4, 0.5) is 0 Å². The van der Waals surface area contributed by atoms with Crippen molar-refractivity contribution >= 4 is 17.7 Å². The Morgan fingerprint density at radius 3 is 2.00 bits per heavy atom. The number of aryl methyl sites for hydroxylation is 1. The van der Waals surface area contributed by atoms with Crippen LogP contribution in [0.25, 0.3) is 0 Å². The SMILES string of the molecule is Cc1ccc(CNC(=O)C(C(C)C)N2C(=O)c3ccccc3C2=O)cc1. The molecule has 5 heteroatoms. The summed E-state index contributed by atoms with van der Waals surface area (Å²) in [5.74, 6) is -1.34. The quantitative estimate of drug-likeness (QED) is 0.843. The minimum absolute atomic E-state index is 0.199. The Hall–Kier alpha value is -2.95. The number of rotatable bonds is 5. The Morgan fingerprint density at radius 1 is 0.962 bits per heavy atom. The maximum absolute atomic E-state index is 12.8. The molecular weight excluding hydrogens is 328 g/mol. The van der Waals surface area contributed by atoms with Gasteiger partial charge in [-0.15, -0.1) is 0 Å². The summed E-state index contributed by atoms with van der Waals surface area (Å²) in [6, 6.07) is 13.7. The molecule has 1 unspecified atom stereocenters. The van der Waals surface area contributed by atoms with Crippen molar-refractivity contribution in [3.8, 4) is 0 Å². The first-order valence-corrected chi connectivity index (χ1v) is 8.70. The molecule has 1 N–H and O–H groups in total. The zero-order chi connectivity index (χ0) is 18.8. The van der Waals surface area contributed by atoms with Crippen LogP contribution in [0.2, 0.25) is 0 Å². The van der Waals surface area contributed by atoms with E-state index in [1.54, 1.807) is 24.3 Å². The molecule has 1 atom stereocenters. The molecule has 0 bridgehead atoms. The van der Waals surface area contributed by atoms with Gasteiger partial charge in [-0.1, -0.05) is 55.8 Å². The topological polar surface area (TPSA) is 66.5 Å². The first kappa shape index (κ1) is 17.9. The number of amides is 3. The average molecular weight is 350 g/mol. The second-order valence-corrected chi connectivity index (χ2v) is 6.92. The van der Waals surface area contributed by atoms with Crippen LogP contribution >= 0.6 is 0 Å². The van der Waals surface area contributed by atoms with Gasteiger partial charge < -0.3 is 5.32 Å². The van der Waals surface area contributed by atoms with Crippen molar-refractivity contribution in [2.24, 2.45) is 5.92 Å². The molecule has 0 aliphatic carbocycles. The van der Waals surface area contributed by atoms with Crippen LogP contribution in [0.5, 0.6) is 0 Å². The predicted octanol–water partition coefficient (Wildman–Crippen LogP) is 2.93. The van der Waals surface area contributed by atoms with Crippen molar-refractivity contribution in [2.75, 3.05) is 0 Å². The minimum Gasteiger partial charge on any atom is -0.350 e. The highest BCUT2D eigenvalue weighted by Crippen LogP contribution is 2.27. The van der Waals surface area contributed by atoms with Gasteiger partial charge in [0.2, 0.25) is 5.91 Å². The summed E-state index contributed by atoms with van der Waals surface area (Å²) >= 11 is 0. The molecule has 3 amide bonds. The van der Waals surface area contributed by atoms with E-state index < -0.39 is 17.9 Å². The zero-order valence-electron chi connectivity index (χ0n) is 15.2. The molecule has 1 aliphatic rings. The highest BCUT2D eigenvalue weighted by Gasteiger charge is 2.43. The standard InChI is InChI=1S/C21H22N2O3/c1-13(2)18(19(24)22-12-15-10-8-14(3)9-11-15)23-20(25)16-6-4-5-7-17(16)21(23)26/h4-11,13,18H,12H2,1-3H3,(H,22,24). The smallest absolute Gasteiger partial charge is 0.262 e. The molecule has 5 nitrogen and oxygen atoms in total. The second kappa shape index (κ2) is 7.12. The highest BCUT2D eigenvalue weighted by atomic mass is 16.2. The average Bonchev–Trinajstić information content (AvgIpc) is 2.87. The number of nitrogens with one attached hydrogen (secondary N) is 1. The van der Waals surface area contributed by atoms with E-state index in [0.29, 0.717) is 17.7 Å². The molecule has 1 aliphatic heterocycles. The van der Waals surface area contributed by atoms with Gasteiger partial charge in [-0.05, 0) is 30.5 Å². The number of nitrogens with zero attached hydrogens (tertiary/aromatic N) is 1. The Bertz CT molecular complexity index is 821. The Labute approximate surface area is 153 Å². The summed E-state index contributed by atoms with van der Waals surface area (Å²) in [4.78, 5) is 39.3. The fourth-order valence-corrected chi connectivity index (χ4v) is 3.18. The number of benzene rings is 2. The predicted molar refractivity (Wildman–Crippen MR) is 98.6 cm³/mol. The Morgan fingerprint density at radius 2 is 1.50 bits per heavy atom. The molecule has 2 aromatic carbocycles. The minimum atomic E-state index is -0.840. The van der Waals surface area contributed by atoms with E-state index in [1.807, 2.05) is 45.0 Å². The van der Waals surface area contributed by atoms with Crippen molar-refractivity contribution in [3.05, 3.63) is 70.8 Å². The van der Waals surface area contributed by atoms with Crippen molar-refractivity contribution in [1.29, 1.82) is 0 Å². The molecule has 0 saturated carbocycles. The molecule has 3 rings (SSSR count). The largest absolute Gasteiger partial charge is 0.350 e. The van der Waals surface area contributed by atoms with Gasteiger partial charge in [-0.3, -0.25) is 19.3 Å². The summed E-state index contributed by atoms with van der Waals surface area (Å²) in [6.45, 7) is 6.02. The maximum atomic E-state index is 12.8. The second-order valence-electron chi connectivity index (χ2n) is 6.92. The molecule has 1 heterocycles. The number of hydrogen-bond acceptors (Lipinski definition) is 3. The Kier molecular flexibility index (Phi) is 4.89. The number of fused-ring (bicyclic) bond motifs is 1. The van der Waals surface area contributed by atoms with E-state index >= 15 is 0 Å². The number of carbonyl (C=O) groups is 3. The fraction of sp³-hybridized carbons (Fsp3) is 0.286. The normalized spacial score (nSPS) is 14.5. The maximum Gasteiger partial charge on any atom is 0.262 e. The number of hydrogen-bond donors (Lipinski definition) is 1. The van der Waals surface area contributed by atoms with Crippen molar-refractivity contribution in [1.82, 2.24) is 10.2 Å². The fourth-order valence-electron chi connectivity index (χ4n) is 3.18. The zero-order valence-corrected chi connectivity index (χ0v) is 15.2. The third-order valence-electron chi connectivity index (χ3n) is 4.59. The molecule has 0 saturated heterocycles. The van der Waals surface area contributed by atoms with Crippen molar-refractivity contribution in [2.45, 2.75) is 33.4 Å². The molecule has 0 spiro atoms. The van der Waals surface area contributed by atoms with Crippen LogP contribution in [-0.4, -0.2) is 28.7 Å². The van der Waals surface area contributed by atoms with Gasteiger partial charge >= 0.3 is 0 Å². The van der Waals surface area contributed by atoms with Gasteiger partial charge in [0.15, 0.2) is 0 Å². The molecule has 0 aromatic heterocycles. The van der Waals surface area contributed by atoms with E-state index in [1.165, 1.54) is 0 Å². The number of carbonyl (C=O) groups excluding carboxylic acids is 3. The third kappa shape index (κ3) is 3.25. The third-order valence-corrected chi connectivity index (χ3v) is 4.59. The lowest BCUT2D eigenvalue weighted by molar-refractivity contribution is -0.126. The van der Waals surface area contributed by atoms with Crippen molar-refractivity contribution < 1.29 is 14.4 Å². The lowest BCUT2D eigenvalue weighted by Gasteiger charge is -2.28. The van der Waals surface area contributed by atoms with E-state index in [9.17, 15) is 14.4 Å². The van der Waals surface area contributed by atoms with Gasteiger partial charge in [0.1, 0.15) is 6.04 Å². The monoisotopic (exact) mass is 350 g/mol. The van der Waals surface area contributed by atoms with Crippen LogP contribution in [0.1, 0.15) is 45.7 Å². The van der Waals surface area contributed by atoms with Crippen molar-refractivity contribution in [3.63, 3.8) is 0 Å². The van der Waals surface area contributed by atoms with Gasteiger partial charge in [-0.2, -0.15) is 0 Å². The summed E-state index contributed by atoms with van der Waals surface area (Å²) in [6.07, 6.45) is 0. The summed E-state index contributed by atoms with van der Waals surface area (Å²) in [5.41, 5.74) is 2.82. The summed E-state index contributed by atoms with van der Waals surface area (Å²) in [5, 5.41) is 2.86. The van der Waals surface area contributed by atoms with E-state index in [2.05, 4.69) is 5.32 Å². The molecule has 26 heavy (non-hydrogen) atoms. The molecule has 0 radical (unpaired) electrons. The summed E-state index contributed by atoms with van der Waals surface area (Å²) in [7, 11) is 0. The number of imide groups is 1. The van der Waals surface area contributed by atoms with Crippen LogP contribution in [-0.2, 0) is 11.3 Å². The molecule has 0 fully saturated rings. The van der Waals surface area contributed by atoms with E-state index in [-0.39, 0.29) is 11.8 Å². The summed E-state index contributed by atoms with van der Waals surface area (Å²) < 4.78 is 0. The molecular formula is C21H22N2O3. The lowest BCUT2D eigenvalue weighted by Crippen LogP contribution is -2.52. The van der Waals surface area contributed by atoms with Crippen LogP contribution in [0.3, 0.4) is 0 Å². The lowest BCUT2D eigenvalue weighted by atomic mass is 10.0. The van der Waals surface area contributed by atoms with Crippen LogP contribution in [0.15, 0.2) is 48.5 Å².